The van der Waals surface area contributed by atoms with Crippen LogP contribution in [-0.4, -0.2) is 49.6 Å². The van der Waals surface area contributed by atoms with Crippen molar-refractivity contribution in [3.05, 3.63) is 24.3 Å². The van der Waals surface area contributed by atoms with Gasteiger partial charge in [-0.25, -0.2) is 0 Å². The highest BCUT2D eigenvalue weighted by Crippen LogP contribution is 2.24. The van der Waals surface area contributed by atoms with Gasteiger partial charge in [0.2, 0.25) is 5.91 Å². The highest BCUT2D eigenvalue weighted by atomic mass is 16.5. The predicted octanol–water partition coefficient (Wildman–Crippen LogP) is 3.08. The van der Waals surface area contributed by atoms with Crippen LogP contribution in [0.25, 0.3) is 0 Å². The third kappa shape index (κ3) is 6.33. The number of amides is 1. The van der Waals surface area contributed by atoms with Crippen LogP contribution in [0.1, 0.15) is 39.5 Å². The Bertz CT molecular complexity index is 583. The molecule has 6 heteroatoms. The first kappa shape index (κ1) is 20.2. The molecule has 0 aromatic heterocycles. The summed E-state index contributed by atoms with van der Waals surface area (Å²) in [6, 6.07) is 7.51. The van der Waals surface area contributed by atoms with Crippen molar-refractivity contribution in [2.45, 2.75) is 39.5 Å². The van der Waals surface area contributed by atoms with Gasteiger partial charge < -0.3 is 14.8 Å². The minimum atomic E-state index is -0.116. The SMILES string of the molecule is CCCCOc1ccccc1NC(=O)CN1CCC(C(=O)OCC)CC1. The summed E-state index contributed by atoms with van der Waals surface area (Å²) < 4.78 is 10.8. The van der Waals surface area contributed by atoms with Crippen LogP contribution in [0.5, 0.6) is 5.75 Å². The molecule has 1 aliphatic heterocycles. The maximum Gasteiger partial charge on any atom is 0.309 e. The summed E-state index contributed by atoms with van der Waals surface area (Å²) in [5.74, 6) is 0.484. The number of hydrogen-bond acceptors (Lipinski definition) is 5. The van der Waals surface area contributed by atoms with Gasteiger partial charge in [-0.05, 0) is 51.4 Å². The number of unbranched alkanes of at least 4 members (excludes halogenated alkanes) is 1. The molecule has 1 N–H and O–H groups in total. The summed E-state index contributed by atoms with van der Waals surface area (Å²) in [6.45, 7) is 6.77. The first-order chi connectivity index (χ1) is 12.6. The summed E-state index contributed by atoms with van der Waals surface area (Å²) >= 11 is 0. The molecule has 1 aromatic rings. The Balaban J connectivity index is 1.80. The van der Waals surface area contributed by atoms with Crippen LogP contribution in [0, 0.1) is 5.92 Å². The number of anilines is 1. The summed E-state index contributed by atoms with van der Waals surface area (Å²) in [6.07, 6.45) is 3.53. The molecule has 0 aliphatic carbocycles. The third-order valence-corrected chi connectivity index (χ3v) is 4.49. The molecule has 1 saturated heterocycles. The number of para-hydroxylation sites is 2. The second kappa shape index (κ2) is 10.8. The van der Waals surface area contributed by atoms with Gasteiger partial charge in [0.1, 0.15) is 5.75 Å². The number of esters is 1. The Morgan fingerprint density at radius 1 is 1.19 bits per heavy atom. The fourth-order valence-electron chi connectivity index (χ4n) is 3.00. The van der Waals surface area contributed by atoms with Crippen molar-refractivity contribution >= 4 is 17.6 Å². The van der Waals surface area contributed by atoms with Gasteiger partial charge >= 0.3 is 5.97 Å². The lowest BCUT2D eigenvalue weighted by Gasteiger charge is -2.30. The maximum atomic E-state index is 12.4. The van der Waals surface area contributed by atoms with Crippen LogP contribution < -0.4 is 10.1 Å². The molecule has 26 heavy (non-hydrogen) atoms. The largest absolute Gasteiger partial charge is 0.491 e. The number of benzene rings is 1. The number of ether oxygens (including phenoxy) is 2. The molecule has 1 aliphatic rings. The fourth-order valence-corrected chi connectivity index (χ4v) is 3.00. The number of carbonyl (C=O) groups excluding carboxylic acids is 2. The van der Waals surface area contributed by atoms with Crippen LogP contribution in [0.15, 0.2) is 24.3 Å². The van der Waals surface area contributed by atoms with E-state index < -0.39 is 0 Å². The molecular weight excluding hydrogens is 332 g/mol. The number of hydrogen-bond donors (Lipinski definition) is 1. The van der Waals surface area contributed by atoms with E-state index in [1.165, 1.54) is 0 Å². The smallest absolute Gasteiger partial charge is 0.309 e. The first-order valence-corrected chi connectivity index (χ1v) is 9.54. The summed E-state index contributed by atoms with van der Waals surface area (Å²) in [5.41, 5.74) is 0.704. The minimum Gasteiger partial charge on any atom is -0.491 e. The average molecular weight is 362 g/mol. The van der Waals surface area contributed by atoms with Gasteiger partial charge in [0.25, 0.3) is 0 Å². The van der Waals surface area contributed by atoms with E-state index in [1.807, 2.05) is 31.2 Å². The zero-order chi connectivity index (χ0) is 18.8. The number of piperidine rings is 1. The van der Waals surface area contributed by atoms with Crippen molar-refractivity contribution in [1.29, 1.82) is 0 Å². The first-order valence-electron chi connectivity index (χ1n) is 9.54. The van der Waals surface area contributed by atoms with Crippen LogP contribution in [0.2, 0.25) is 0 Å². The van der Waals surface area contributed by atoms with Crippen molar-refractivity contribution in [3.8, 4) is 5.75 Å². The zero-order valence-corrected chi connectivity index (χ0v) is 15.8. The van der Waals surface area contributed by atoms with Crippen LogP contribution >= 0.6 is 0 Å². The van der Waals surface area contributed by atoms with Crippen molar-refractivity contribution in [2.75, 3.05) is 38.2 Å². The van der Waals surface area contributed by atoms with Gasteiger partial charge in [-0.2, -0.15) is 0 Å². The Morgan fingerprint density at radius 3 is 2.62 bits per heavy atom. The van der Waals surface area contributed by atoms with Gasteiger partial charge in [0.05, 0.1) is 31.4 Å². The molecule has 1 amide bonds. The van der Waals surface area contributed by atoms with E-state index >= 15 is 0 Å². The van der Waals surface area contributed by atoms with E-state index in [9.17, 15) is 9.59 Å². The van der Waals surface area contributed by atoms with E-state index in [0.29, 0.717) is 31.2 Å². The quantitative estimate of drug-likeness (QED) is 0.540. The topological polar surface area (TPSA) is 67.9 Å². The van der Waals surface area contributed by atoms with Crippen molar-refractivity contribution in [1.82, 2.24) is 4.90 Å². The lowest BCUT2D eigenvalue weighted by Crippen LogP contribution is -2.41. The zero-order valence-electron chi connectivity index (χ0n) is 15.8. The Hall–Kier alpha value is -2.08. The Kier molecular flexibility index (Phi) is 8.41. The van der Waals surface area contributed by atoms with E-state index in [-0.39, 0.29) is 17.8 Å². The Morgan fingerprint density at radius 2 is 1.92 bits per heavy atom. The molecule has 0 spiro atoms. The van der Waals surface area contributed by atoms with Gasteiger partial charge in [-0.15, -0.1) is 0 Å². The minimum absolute atomic E-state index is 0.0399. The number of likely N-dealkylation sites (tertiary alicyclic amines) is 1. The van der Waals surface area contributed by atoms with Gasteiger partial charge in [-0.1, -0.05) is 25.5 Å². The molecule has 0 atom stereocenters. The second-order valence-electron chi connectivity index (χ2n) is 6.55. The molecule has 2 rings (SSSR count). The van der Waals surface area contributed by atoms with Crippen LogP contribution in [0.3, 0.4) is 0 Å². The monoisotopic (exact) mass is 362 g/mol. The standard InChI is InChI=1S/C20H30N2O4/c1-3-5-14-26-18-9-7-6-8-17(18)21-19(23)15-22-12-10-16(11-13-22)20(24)25-4-2/h6-9,16H,3-5,10-15H2,1-2H3,(H,21,23). The molecule has 0 bridgehead atoms. The highest BCUT2D eigenvalue weighted by molar-refractivity contribution is 5.93. The molecule has 1 heterocycles. The second-order valence-corrected chi connectivity index (χ2v) is 6.55. The lowest BCUT2D eigenvalue weighted by molar-refractivity contribution is -0.149. The fraction of sp³-hybridized carbons (Fsp3) is 0.600. The van der Waals surface area contributed by atoms with Crippen molar-refractivity contribution in [2.24, 2.45) is 5.92 Å². The normalized spacial score (nSPS) is 15.5. The number of nitrogens with zero attached hydrogens (tertiary/aromatic N) is 1. The lowest BCUT2D eigenvalue weighted by atomic mass is 9.97. The molecule has 0 radical (unpaired) electrons. The summed E-state index contributed by atoms with van der Waals surface area (Å²) in [4.78, 5) is 26.2. The molecule has 0 saturated carbocycles. The summed E-state index contributed by atoms with van der Waals surface area (Å²) in [7, 11) is 0. The molecule has 1 aromatic carbocycles. The van der Waals surface area contributed by atoms with E-state index in [0.717, 1.165) is 38.8 Å². The van der Waals surface area contributed by atoms with Crippen molar-refractivity contribution in [3.63, 3.8) is 0 Å². The number of carbonyl (C=O) groups is 2. The van der Waals surface area contributed by atoms with Gasteiger partial charge in [0.15, 0.2) is 0 Å². The molecular formula is C20H30N2O4. The third-order valence-electron chi connectivity index (χ3n) is 4.49. The van der Waals surface area contributed by atoms with Crippen LogP contribution in [0.4, 0.5) is 5.69 Å². The van der Waals surface area contributed by atoms with Gasteiger partial charge in [0, 0.05) is 0 Å². The molecule has 144 valence electrons. The highest BCUT2D eigenvalue weighted by Gasteiger charge is 2.26. The molecule has 6 nitrogen and oxygen atoms in total. The number of nitrogens with one attached hydrogen (secondary N) is 1. The molecule has 0 unspecified atom stereocenters. The predicted molar refractivity (Wildman–Crippen MR) is 101 cm³/mol. The van der Waals surface area contributed by atoms with E-state index in [4.69, 9.17) is 9.47 Å². The van der Waals surface area contributed by atoms with Crippen LogP contribution in [-0.2, 0) is 14.3 Å². The van der Waals surface area contributed by atoms with Crippen molar-refractivity contribution < 1.29 is 19.1 Å². The molecule has 1 fully saturated rings. The average Bonchev–Trinajstić information content (AvgIpc) is 2.64. The van der Waals surface area contributed by atoms with E-state index in [1.54, 1.807) is 0 Å². The van der Waals surface area contributed by atoms with Gasteiger partial charge in [-0.3, -0.25) is 14.5 Å². The number of rotatable bonds is 9. The Labute approximate surface area is 155 Å². The maximum absolute atomic E-state index is 12.4. The van der Waals surface area contributed by atoms with E-state index in [2.05, 4.69) is 17.1 Å². The summed E-state index contributed by atoms with van der Waals surface area (Å²) in [5, 5.41) is 2.94.